The van der Waals surface area contributed by atoms with E-state index >= 15 is 0 Å². The van der Waals surface area contributed by atoms with Crippen molar-refractivity contribution in [2.45, 2.75) is 36.6 Å². The van der Waals surface area contributed by atoms with Crippen LogP contribution in [0.4, 0.5) is 5.69 Å². The smallest absolute Gasteiger partial charge is 0.340 e. The van der Waals surface area contributed by atoms with Crippen LogP contribution in [0.5, 0.6) is 17.2 Å². The molecule has 0 aliphatic heterocycles. The fraction of sp³-hybridized carbons (Fsp3) is 0.391. The van der Waals surface area contributed by atoms with Gasteiger partial charge in [-0.15, -0.1) is 0 Å². The van der Waals surface area contributed by atoms with Crippen molar-refractivity contribution in [3.63, 3.8) is 0 Å². The summed E-state index contributed by atoms with van der Waals surface area (Å²) < 4.78 is 48.5. The first-order chi connectivity index (χ1) is 16.7. The normalized spacial score (nSPS) is 13.8. The third kappa shape index (κ3) is 6.56. The predicted octanol–water partition coefficient (Wildman–Crippen LogP) is 3.38. The lowest BCUT2D eigenvalue weighted by atomic mass is 10.1. The van der Waals surface area contributed by atoms with E-state index in [4.69, 9.17) is 30.5 Å². The summed E-state index contributed by atoms with van der Waals surface area (Å²) in [6.45, 7) is -0.457. The minimum Gasteiger partial charge on any atom is -0.493 e. The average Bonchev–Trinajstić information content (AvgIpc) is 3.34. The van der Waals surface area contributed by atoms with Gasteiger partial charge < -0.3 is 24.3 Å². The quantitative estimate of drug-likeness (QED) is 0.451. The van der Waals surface area contributed by atoms with Crippen molar-refractivity contribution in [1.29, 1.82) is 0 Å². The van der Waals surface area contributed by atoms with Crippen molar-refractivity contribution < 1.29 is 37.0 Å². The lowest BCUT2D eigenvalue weighted by Gasteiger charge is -2.15. The summed E-state index contributed by atoms with van der Waals surface area (Å²) in [4.78, 5) is 24.7. The first kappa shape index (κ1) is 26.6. The molecule has 0 bridgehead atoms. The van der Waals surface area contributed by atoms with E-state index < -0.39 is 28.5 Å². The fourth-order valence-corrected chi connectivity index (χ4v) is 5.32. The Kier molecular flexibility index (Phi) is 8.82. The van der Waals surface area contributed by atoms with Crippen LogP contribution in [-0.4, -0.2) is 54.3 Å². The SMILES string of the molecule is COC(=O)c1cc(OC)c(OC)cc1NC(=O)COc1ccc(S(=O)(=O)NC2CCCC2)cc1Cl. The molecular weight excluding hydrogens is 500 g/mol. The van der Waals surface area contributed by atoms with Crippen LogP contribution in [0.2, 0.25) is 5.02 Å². The second-order valence-electron chi connectivity index (χ2n) is 7.78. The van der Waals surface area contributed by atoms with Crippen molar-refractivity contribution in [3.8, 4) is 17.2 Å². The van der Waals surface area contributed by atoms with Crippen LogP contribution >= 0.6 is 11.6 Å². The number of methoxy groups -OCH3 is 3. The number of esters is 1. The van der Waals surface area contributed by atoms with Gasteiger partial charge in [-0.2, -0.15) is 0 Å². The van der Waals surface area contributed by atoms with E-state index in [0.717, 1.165) is 25.7 Å². The molecule has 0 aromatic heterocycles. The number of halogens is 1. The maximum atomic E-state index is 12.6. The topological polar surface area (TPSA) is 129 Å². The molecule has 1 amide bonds. The Morgan fingerprint density at radius 3 is 2.26 bits per heavy atom. The number of carbonyl (C=O) groups is 2. The predicted molar refractivity (Wildman–Crippen MR) is 129 cm³/mol. The number of rotatable bonds is 10. The molecule has 0 atom stereocenters. The minimum absolute atomic E-state index is 0.0132. The zero-order valence-electron chi connectivity index (χ0n) is 19.6. The fourth-order valence-electron chi connectivity index (χ4n) is 3.69. The van der Waals surface area contributed by atoms with Gasteiger partial charge in [0.25, 0.3) is 5.91 Å². The molecule has 0 heterocycles. The number of amides is 1. The van der Waals surface area contributed by atoms with Gasteiger partial charge in [-0.05, 0) is 31.0 Å². The molecule has 190 valence electrons. The lowest BCUT2D eigenvalue weighted by molar-refractivity contribution is -0.118. The number of anilines is 1. The first-order valence-corrected chi connectivity index (χ1v) is 12.6. The number of carbonyl (C=O) groups excluding carboxylic acids is 2. The molecule has 2 aromatic carbocycles. The molecule has 1 aliphatic carbocycles. The van der Waals surface area contributed by atoms with Gasteiger partial charge in [0.15, 0.2) is 18.1 Å². The summed E-state index contributed by atoms with van der Waals surface area (Å²) in [5.41, 5.74) is 0.189. The lowest BCUT2D eigenvalue weighted by Crippen LogP contribution is -2.32. The van der Waals surface area contributed by atoms with Crippen molar-refractivity contribution >= 4 is 39.2 Å². The zero-order chi connectivity index (χ0) is 25.6. The largest absolute Gasteiger partial charge is 0.493 e. The van der Waals surface area contributed by atoms with Crippen LogP contribution in [0.3, 0.4) is 0 Å². The van der Waals surface area contributed by atoms with Gasteiger partial charge in [0.05, 0.1) is 42.5 Å². The number of hydrogen-bond donors (Lipinski definition) is 2. The van der Waals surface area contributed by atoms with Gasteiger partial charge in [-0.3, -0.25) is 4.79 Å². The summed E-state index contributed by atoms with van der Waals surface area (Å²) in [7, 11) is 0.322. The van der Waals surface area contributed by atoms with Gasteiger partial charge in [-0.25, -0.2) is 17.9 Å². The molecule has 2 aromatic rings. The van der Waals surface area contributed by atoms with E-state index in [1.54, 1.807) is 0 Å². The van der Waals surface area contributed by atoms with Crippen LogP contribution in [0.15, 0.2) is 35.2 Å². The molecule has 2 N–H and O–H groups in total. The number of nitrogens with one attached hydrogen (secondary N) is 2. The highest BCUT2D eigenvalue weighted by atomic mass is 35.5. The molecule has 0 saturated heterocycles. The summed E-state index contributed by atoms with van der Waals surface area (Å²) in [5, 5.41) is 2.60. The van der Waals surface area contributed by atoms with Crippen LogP contribution in [0.1, 0.15) is 36.0 Å². The van der Waals surface area contributed by atoms with Crippen molar-refractivity contribution in [2.24, 2.45) is 0 Å². The minimum atomic E-state index is -3.72. The first-order valence-electron chi connectivity index (χ1n) is 10.8. The highest BCUT2D eigenvalue weighted by Gasteiger charge is 2.24. The maximum Gasteiger partial charge on any atom is 0.340 e. The monoisotopic (exact) mass is 526 g/mol. The van der Waals surface area contributed by atoms with Gasteiger partial charge in [0.2, 0.25) is 10.0 Å². The van der Waals surface area contributed by atoms with Crippen molar-refractivity contribution in [3.05, 3.63) is 40.9 Å². The Balaban J connectivity index is 1.69. The highest BCUT2D eigenvalue weighted by Crippen LogP contribution is 2.34. The van der Waals surface area contributed by atoms with Crippen LogP contribution in [0, 0.1) is 0 Å². The van der Waals surface area contributed by atoms with E-state index in [0.29, 0.717) is 5.75 Å². The van der Waals surface area contributed by atoms with Crippen molar-refractivity contribution in [1.82, 2.24) is 4.72 Å². The molecule has 12 heteroatoms. The van der Waals surface area contributed by atoms with Gasteiger partial charge >= 0.3 is 5.97 Å². The summed E-state index contributed by atoms with van der Waals surface area (Å²) >= 11 is 6.21. The Labute approximate surface area is 208 Å². The summed E-state index contributed by atoms with van der Waals surface area (Å²) in [6.07, 6.45) is 3.60. The molecular formula is C23H27ClN2O8S. The Hall–Kier alpha value is -3.02. The van der Waals surface area contributed by atoms with E-state index in [9.17, 15) is 18.0 Å². The standard InChI is InChI=1S/C23H27ClN2O8S/c1-31-20-11-16(23(28)33-3)18(12-21(20)32-2)25-22(27)13-34-19-9-8-15(10-17(19)24)35(29,30)26-14-6-4-5-7-14/h8-12,14,26H,4-7,13H2,1-3H3,(H,25,27). The molecule has 0 spiro atoms. The van der Waals surface area contributed by atoms with Crippen LogP contribution in [0.25, 0.3) is 0 Å². The third-order valence-corrected chi connectivity index (χ3v) is 7.27. The number of hydrogen-bond acceptors (Lipinski definition) is 8. The molecule has 3 rings (SSSR count). The Morgan fingerprint density at radius 1 is 1.00 bits per heavy atom. The van der Waals surface area contributed by atoms with E-state index in [-0.39, 0.29) is 38.7 Å². The van der Waals surface area contributed by atoms with Crippen molar-refractivity contribution in [2.75, 3.05) is 33.3 Å². The van der Waals surface area contributed by atoms with Gasteiger partial charge in [0, 0.05) is 18.2 Å². The molecule has 1 aliphatic rings. The van der Waals surface area contributed by atoms with Gasteiger partial charge in [0.1, 0.15) is 5.75 Å². The van der Waals surface area contributed by atoms with E-state index in [2.05, 4.69) is 10.0 Å². The molecule has 10 nitrogen and oxygen atoms in total. The maximum absolute atomic E-state index is 12.6. The van der Waals surface area contributed by atoms with Gasteiger partial charge in [-0.1, -0.05) is 24.4 Å². The van der Waals surface area contributed by atoms with Crippen LogP contribution in [-0.2, 0) is 19.6 Å². The second-order valence-corrected chi connectivity index (χ2v) is 9.90. The van der Waals surface area contributed by atoms with Crippen LogP contribution < -0.4 is 24.2 Å². The molecule has 35 heavy (non-hydrogen) atoms. The zero-order valence-corrected chi connectivity index (χ0v) is 21.1. The number of benzene rings is 2. The molecule has 1 saturated carbocycles. The molecule has 0 unspecified atom stereocenters. The Bertz CT molecular complexity index is 1200. The van der Waals surface area contributed by atoms with E-state index in [1.165, 1.54) is 51.7 Å². The number of sulfonamides is 1. The summed E-state index contributed by atoms with van der Waals surface area (Å²) in [5.74, 6) is -0.581. The second kappa shape index (κ2) is 11.6. The van der Waals surface area contributed by atoms with E-state index in [1.807, 2.05) is 0 Å². The summed E-state index contributed by atoms with van der Waals surface area (Å²) in [6, 6.07) is 6.75. The third-order valence-electron chi connectivity index (χ3n) is 5.45. The molecule has 0 radical (unpaired) electrons. The Morgan fingerprint density at radius 2 is 1.66 bits per heavy atom. The average molecular weight is 527 g/mol. The molecule has 1 fully saturated rings. The number of ether oxygens (including phenoxy) is 4. The highest BCUT2D eigenvalue weighted by molar-refractivity contribution is 7.89.